The first kappa shape index (κ1) is 20.2. The maximum atomic E-state index is 12.0. The van der Waals surface area contributed by atoms with E-state index in [9.17, 15) is 9.59 Å². The van der Waals surface area contributed by atoms with Crippen molar-refractivity contribution in [2.45, 2.75) is 25.8 Å². The van der Waals surface area contributed by atoms with Gasteiger partial charge in [-0.2, -0.15) is 0 Å². The van der Waals surface area contributed by atoms with E-state index >= 15 is 0 Å². The Balaban J connectivity index is 0.00000441. The zero-order valence-corrected chi connectivity index (χ0v) is 14.0. The van der Waals surface area contributed by atoms with Gasteiger partial charge < -0.3 is 21.3 Å². The highest BCUT2D eigenvalue weighted by Crippen LogP contribution is 2.07. The molecular weight excluding hydrogens is 304 g/mol. The molecule has 0 aliphatic rings. The number of anilines is 1. The van der Waals surface area contributed by atoms with Gasteiger partial charge in [-0.15, -0.1) is 12.4 Å². The minimum absolute atomic E-state index is 0. The number of hydrogen-bond donors (Lipinski definition) is 4. The predicted octanol–water partition coefficient (Wildman–Crippen LogP) is 1.73. The Morgan fingerprint density at radius 2 is 1.73 bits per heavy atom. The molecule has 6 nitrogen and oxygen atoms in total. The molecule has 0 bridgehead atoms. The summed E-state index contributed by atoms with van der Waals surface area (Å²) in [6, 6.07) is 8.68. The van der Waals surface area contributed by atoms with Gasteiger partial charge in [0.1, 0.15) is 5.54 Å². The van der Waals surface area contributed by atoms with E-state index in [2.05, 4.69) is 21.3 Å². The zero-order chi connectivity index (χ0) is 15.7. The number of rotatable bonds is 7. The lowest BCUT2D eigenvalue weighted by Crippen LogP contribution is -2.56. The summed E-state index contributed by atoms with van der Waals surface area (Å²) in [6.45, 7) is 4.75. The van der Waals surface area contributed by atoms with Crippen molar-refractivity contribution in [1.29, 1.82) is 0 Å². The molecule has 0 aromatic heterocycles. The first-order valence-electron chi connectivity index (χ1n) is 7.03. The molecule has 0 saturated heterocycles. The van der Waals surface area contributed by atoms with Gasteiger partial charge in [0.25, 0.3) is 0 Å². The molecule has 1 aromatic rings. The fourth-order valence-electron chi connectivity index (χ4n) is 1.71. The van der Waals surface area contributed by atoms with E-state index in [-0.39, 0.29) is 18.3 Å². The van der Waals surface area contributed by atoms with Crippen LogP contribution in [0, 0.1) is 0 Å². The molecule has 1 rings (SSSR count). The maximum Gasteiger partial charge on any atom is 0.320 e. The third kappa shape index (κ3) is 7.28. The van der Waals surface area contributed by atoms with Crippen LogP contribution in [0.15, 0.2) is 30.3 Å². The summed E-state index contributed by atoms with van der Waals surface area (Å²) < 4.78 is 0. The highest BCUT2D eigenvalue weighted by Gasteiger charge is 2.29. The first-order chi connectivity index (χ1) is 9.95. The average molecular weight is 329 g/mol. The minimum atomic E-state index is -0.974. The van der Waals surface area contributed by atoms with E-state index in [0.29, 0.717) is 12.2 Å². The molecule has 0 heterocycles. The normalized spacial score (nSPS) is 10.3. The average Bonchev–Trinajstić information content (AvgIpc) is 2.43. The molecule has 0 spiro atoms. The second-order valence-corrected chi connectivity index (χ2v) is 5.28. The van der Waals surface area contributed by atoms with E-state index in [1.165, 1.54) is 0 Å². The maximum absolute atomic E-state index is 12.0. The summed E-state index contributed by atoms with van der Waals surface area (Å²) >= 11 is 0. The molecule has 0 unspecified atom stereocenters. The minimum Gasteiger partial charge on any atom is -0.354 e. The summed E-state index contributed by atoms with van der Waals surface area (Å²) in [5, 5.41) is 11.2. The molecule has 124 valence electrons. The Morgan fingerprint density at radius 1 is 1.09 bits per heavy atom. The van der Waals surface area contributed by atoms with Crippen LogP contribution < -0.4 is 21.3 Å². The Kier molecular flexibility index (Phi) is 9.21. The van der Waals surface area contributed by atoms with Gasteiger partial charge in [0, 0.05) is 12.2 Å². The summed E-state index contributed by atoms with van der Waals surface area (Å²) in [4.78, 5) is 23.9. The highest BCUT2D eigenvalue weighted by atomic mass is 35.5. The Bertz CT molecular complexity index is 466. The number of nitrogens with one attached hydrogen (secondary N) is 4. The van der Waals surface area contributed by atoms with Gasteiger partial charge in [-0.3, -0.25) is 4.79 Å². The van der Waals surface area contributed by atoms with Crippen LogP contribution in [0.3, 0.4) is 0 Å². The van der Waals surface area contributed by atoms with Crippen LogP contribution in [0.2, 0.25) is 0 Å². The van der Waals surface area contributed by atoms with Gasteiger partial charge in [0.05, 0.1) is 0 Å². The van der Waals surface area contributed by atoms with E-state index < -0.39 is 11.6 Å². The number of benzene rings is 1. The summed E-state index contributed by atoms with van der Waals surface area (Å²) in [7, 11) is 1.86. The number of hydrogen-bond acceptors (Lipinski definition) is 3. The zero-order valence-electron chi connectivity index (χ0n) is 13.2. The number of para-hydroxylation sites is 1. The molecule has 1 aromatic carbocycles. The third-order valence-electron chi connectivity index (χ3n) is 2.91. The Labute approximate surface area is 137 Å². The van der Waals surface area contributed by atoms with E-state index in [4.69, 9.17) is 0 Å². The molecule has 7 heteroatoms. The molecule has 0 radical (unpaired) electrons. The van der Waals surface area contributed by atoms with Crippen molar-refractivity contribution in [1.82, 2.24) is 16.0 Å². The van der Waals surface area contributed by atoms with E-state index in [1.807, 2.05) is 25.2 Å². The van der Waals surface area contributed by atoms with Crippen molar-refractivity contribution in [2.24, 2.45) is 0 Å². The van der Waals surface area contributed by atoms with Crippen molar-refractivity contribution in [3.05, 3.63) is 30.3 Å². The molecule has 0 aliphatic carbocycles. The lowest BCUT2D eigenvalue weighted by molar-refractivity contribution is -0.126. The largest absolute Gasteiger partial charge is 0.354 e. The second-order valence-electron chi connectivity index (χ2n) is 5.28. The topological polar surface area (TPSA) is 82.3 Å². The van der Waals surface area contributed by atoms with Crippen LogP contribution in [-0.2, 0) is 4.79 Å². The van der Waals surface area contributed by atoms with Crippen LogP contribution in [0.25, 0.3) is 0 Å². The number of halogens is 1. The predicted molar refractivity (Wildman–Crippen MR) is 91.5 cm³/mol. The fraction of sp³-hybridized carbons (Fsp3) is 0.467. The van der Waals surface area contributed by atoms with Crippen molar-refractivity contribution < 1.29 is 9.59 Å². The van der Waals surface area contributed by atoms with Gasteiger partial charge in [-0.25, -0.2) is 4.79 Å². The van der Waals surface area contributed by atoms with Gasteiger partial charge in [0.15, 0.2) is 0 Å². The smallest absolute Gasteiger partial charge is 0.320 e. The molecule has 0 atom stereocenters. The molecule has 0 saturated carbocycles. The van der Waals surface area contributed by atoms with Crippen molar-refractivity contribution in [3.63, 3.8) is 0 Å². The van der Waals surface area contributed by atoms with Crippen LogP contribution in [0.1, 0.15) is 20.3 Å². The summed E-state index contributed by atoms with van der Waals surface area (Å²) in [5.41, 5.74) is -0.293. The van der Waals surface area contributed by atoms with E-state index in [1.54, 1.807) is 26.0 Å². The standard InChI is InChI=1S/C15H24N4O2.ClH/c1-15(2,13(20)17-11-7-10-16-3)19-14(21)18-12-8-5-4-6-9-12;/h4-6,8-9,16H,7,10-11H2,1-3H3,(H,17,20)(H2,18,19,21);1H. The van der Waals surface area contributed by atoms with Crippen LogP contribution in [0.4, 0.5) is 10.5 Å². The lowest BCUT2D eigenvalue weighted by Gasteiger charge is -2.25. The molecular formula is C15H25ClN4O2. The summed E-state index contributed by atoms with van der Waals surface area (Å²) in [6.07, 6.45) is 0.842. The lowest BCUT2D eigenvalue weighted by atomic mass is 10.1. The SMILES string of the molecule is CNCCCNC(=O)C(C)(C)NC(=O)Nc1ccccc1.Cl. The quantitative estimate of drug-likeness (QED) is 0.575. The van der Waals surface area contributed by atoms with Gasteiger partial charge in [-0.05, 0) is 46.0 Å². The molecule has 0 aliphatic heterocycles. The number of carbonyl (C=O) groups is 2. The number of urea groups is 1. The summed E-state index contributed by atoms with van der Waals surface area (Å²) in [5.74, 6) is -0.207. The van der Waals surface area contributed by atoms with Crippen molar-refractivity contribution in [3.8, 4) is 0 Å². The van der Waals surface area contributed by atoms with Crippen LogP contribution in [0.5, 0.6) is 0 Å². The molecule has 0 fully saturated rings. The number of carbonyl (C=O) groups excluding carboxylic acids is 2. The molecule has 22 heavy (non-hydrogen) atoms. The molecule has 3 amide bonds. The van der Waals surface area contributed by atoms with Crippen LogP contribution >= 0.6 is 12.4 Å². The van der Waals surface area contributed by atoms with Crippen molar-refractivity contribution >= 4 is 30.0 Å². The van der Waals surface area contributed by atoms with Crippen LogP contribution in [-0.4, -0.2) is 37.6 Å². The Morgan fingerprint density at radius 3 is 2.32 bits per heavy atom. The Hall–Kier alpha value is -1.79. The van der Waals surface area contributed by atoms with Gasteiger partial charge >= 0.3 is 6.03 Å². The first-order valence-corrected chi connectivity index (χ1v) is 7.03. The van der Waals surface area contributed by atoms with Gasteiger partial charge in [-0.1, -0.05) is 18.2 Å². The highest BCUT2D eigenvalue weighted by molar-refractivity contribution is 5.95. The third-order valence-corrected chi connectivity index (χ3v) is 2.91. The van der Waals surface area contributed by atoms with Gasteiger partial charge in [0.2, 0.25) is 5.91 Å². The number of amides is 3. The second kappa shape index (κ2) is 10.0. The monoisotopic (exact) mass is 328 g/mol. The fourth-order valence-corrected chi connectivity index (χ4v) is 1.71. The molecule has 4 N–H and O–H groups in total. The van der Waals surface area contributed by atoms with E-state index in [0.717, 1.165) is 13.0 Å². The van der Waals surface area contributed by atoms with Crippen molar-refractivity contribution in [2.75, 3.05) is 25.5 Å².